The second kappa shape index (κ2) is 11.0. The zero-order valence-corrected chi connectivity index (χ0v) is 21.2. The summed E-state index contributed by atoms with van der Waals surface area (Å²) in [4.78, 5) is 16.1. The topological polar surface area (TPSA) is 65.8 Å². The van der Waals surface area contributed by atoms with Gasteiger partial charge in [-0.05, 0) is 55.5 Å². The van der Waals surface area contributed by atoms with E-state index in [4.69, 9.17) is 19.3 Å². The van der Waals surface area contributed by atoms with Gasteiger partial charge in [0.15, 0.2) is 0 Å². The summed E-state index contributed by atoms with van der Waals surface area (Å²) in [5.74, 6) is 1.88. The van der Waals surface area contributed by atoms with E-state index in [1.165, 1.54) is 11.3 Å². The monoisotopic (exact) mass is 503 g/mol. The average molecular weight is 504 g/mol. The van der Waals surface area contributed by atoms with E-state index in [1.54, 1.807) is 11.8 Å². The van der Waals surface area contributed by atoms with Crippen LogP contribution in [-0.4, -0.2) is 47.0 Å². The summed E-state index contributed by atoms with van der Waals surface area (Å²) < 4.78 is 19.5. The van der Waals surface area contributed by atoms with Gasteiger partial charge in [-0.2, -0.15) is 5.10 Å². The van der Waals surface area contributed by atoms with Crippen molar-refractivity contribution in [1.82, 2.24) is 14.7 Å². The van der Waals surface area contributed by atoms with Crippen LogP contribution < -0.4 is 9.47 Å². The van der Waals surface area contributed by atoms with E-state index in [0.29, 0.717) is 35.3 Å². The standard InChI is InChI=1S/C28H29N3O4S/c1-20-25(19-30(18-24-13-7-15-34-24)27(32)26-14-8-16-36-26)28(31(29-20)21-9-4-3-5-10-21)35-23-12-6-11-22(17-23)33-2/h3-6,8-12,14,16-17,24H,7,13,15,18-19H2,1-2H3/t24-/m0/s1. The van der Waals surface area contributed by atoms with Crippen molar-refractivity contribution >= 4 is 17.2 Å². The Morgan fingerprint density at radius 1 is 1.14 bits per heavy atom. The predicted octanol–water partition coefficient (Wildman–Crippen LogP) is 5.86. The molecule has 0 unspecified atom stereocenters. The highest BCUT2D eigenvalue weighted by molar-refractivity contribution is 7.12. The second-order valence-corrected chi connectivity index (χ2v) is 9.64. The molecule has 0 N–H and O–H groups in total. The van der Waals surface area contributed by atoms with Crippen LogP contribution in [0.1, 0.15) is 33.8 Å². The van der Waals surface area contributed by atoms with Crippen molar-refractivity contribution in [1.29, 1.82) is 0 Å². The van der Waals surface area contributed by atoms with Crippen molar-refractivity contribution in [3.8, 4) is 23.1 Å². The largest absolute Gasteiger partial charge is 0.497 e. The van der Waals surface area contributed by atoms with Crippen molar-refractivity contribution in [2.45, 2.75) is 32.4 Å². The van der Waals surface area contributed by atoms with Crippen LogP contribution in [0.4, 0.5) is 0 Å². The van der Waals surface area contributed by atoms with Crippen LogP contribution in [0.3, 0.4) is 0 Å². The number of benzene rings is 2. The number of aryl methyl sites for hydroxylation is 1. The maximum atomic E-state index is 13.5. The Hall–Kier alpha value is -3.62. The molecule has 1 saturated heterocycles. The lowest BCUT2D eigenvalue weighted by molar-refractivity contribution is 0.0509. The molecule has 2 aromatic heterocycles. The Labute approximate surface area is 214 Å². The first-order chi connectivity index (χ1) is 17.6. The van der Waals surface area contributed by atoms with Crippen LogP contribution in [0.15, 0.2) is 72.1 Å². The van der Waals surface area contributed by atoms with Crippen LogP contribution in [0.2, 0.25) is 0 Å². The first-order valence-electron chi connectivity index (χ1n) is 12.0. The van der Waals surface area contributed by atoms with E-state index in [9.17, 15) is 4.79 Å². The number of aromatic nitrogens is 2. The van der Waals surface area contributed by atoms with E-state index in [0.717, 1.165) is 36.4 Å². The molecule has 0 bridgehead atoms. The third kappa shape index (κ3) is 5.29. The van der Waals surface area contributed by atoms with E-state index in [2.05, 4.69) is 0 Å². The normalized spacial score (nSPS) is 15.1. The summed E-state index contributed by atoms with van der Waals surface area (Å²) in [5.41, 5.74) is 2.53. The number of rotatable bonds is 9. The van der Waals surface area contributed by atoms with Gasteiger partial charge in [0.25, 0.3) is 5.91 Å². The minimum atomic E-state index is -0.0142. The molecule has 1 atom stereocenters. The molecule has 5 rings (SSSR count). The molecular weight excluding hydrogens is 474 g/mol. The molecule has 186 valence electrons. The quantitative estimate of drug-likeness (QED) is 0.286. The maximum Gasteiger partial charge on any atom is 0.264 e. The number of carbonyl (C=O) groups is 1. The van der Waals surface area contributed by atoms with Crippen molar-refractivity contribution in [3.05, 3.63) is 88.2 Å². The molecule has 3 heterocycles. The minimum absolute atomic E-state index is 0.0142. The number of para-hydroxylation sites is 1. The molecule has 1 aliphatic heterocycles. The third-order valence-electron chi connectivity index (χ3n) is 6.21. The first kappa shape index (κ1) is 24.1. The molecule has 1 fully saturated rings. The van der Waals surface area contributed by atoms with E-state index >= 15 is 0 Å². The average Bonchev–Trinajstić information content (AvgIpc) is 3.68. The molecule has 8 heteroatoms. The Balaban J connectivity index is 1.54. The van der Waals surface area contributed by atoms with Gasteiger partial charge in [-0.3, -0.25) is 4.79 Å². The van der Waals surface area contributed by atoms with Gasteiger partial charge in [-0.1, -0.05) is 30.3 Å². The van der Waals surface area contributed by atoms with Gasteiger partial charge >= 0.3 is 0 Å². The number of methoxy groups -OCH3 is 1. The van der Waals surface area contributed by atoms with Crippen molar-refractivity contribution in [2.24, 2.45) is 0 Å². The summed E-state index contributed by atoms with van der Waals surface area (Å²) in [5, 5.41) is 6.74. The van der Waals surface area contributed by atoms with Crippen molar-refractivity contribution < 1.29 is 19.0 Å². The number of hydrogen-bond donors (Lipinski definition) is 0. The van der Waals surface area contributed by atoms with E-state index in [1.807, 2.05) is 83.9 Å². The van der Waals surface area contributed by atoms with Gasteiger partial charge in [0.1, 0.15) is 11.5 Å². The molecule has 0 saturated carbocycles. The van der Waals surface area contributed by atoms with Gasteiger partial charge in [0, 0.05) is 19.2 Å². The van der Waals surface area contributed by atoms with Gasteiger partial charge in [0.05, 0.1) is 41.6 Å². The van der Waals surface area contributed by atoms with Crippen LogP contribution in [0.25, 0.3) is 5.69 Å². The lowest BCUT2D eigenvalue weighted by Gasteiger charge is -2.25. The summed E-state index contributed by atoms with van der Waals surface area (Å²) >= 11 is 1.45. The Morgan fingerprint density at radius 3 is 2.69 bits per heavy atom. The number of nitrogens with zero attached hydrogens (tertiary/aromatic N) is 3. The van der Waals surface area contributed by atoms with Crippen LogP contribution in [0, 0.1) is 6.92 Å². The smallest absolute Gasteiger partial charge is 0.264 e. The number of amides is 1. The Morgan fingerprint density at radius 2 is 1.97 bits per heavy atom. The van der Waals surface area contributed by atoms with Crippen LogP contribution >= 0.6 is 11.3 Å². The van der Waals surface area contributed by atoms with Crippen LogP contribution in [-0.2, 0) is 11.3 Å². The number of carbonyl (C=O) groups excluding carboxylic acids is 1. The molecule has 36 heavy (non-hydrogen) atoms. The highest BCUT2D eigenvalue weighted by atomic mass is 32.1. The van der Waals surface area contributed by atoms with Crippen LogP contribution in [0.5, 0.6) is 17.4 Å². The summed E-state index contributed by atoms with van der Waals surface area (Å²) in [6.07, 6.45) is 1.99. The van der Waals surface area contributed by atoms with Gasteiger partial charge in [0.2, 0.25) is 5.88 Å². The highest BCUT2D eigenvalue weighted by Crippen LogP contribution is 2.33. The van der Waals surface area contributed by atoms with Crippen molar-refractivity contribution in [3.63, 3.8) is 0 Å². The minimum Gasteiger partial charge on any atom is -0.497 e. The SMILES string of the molecule is COc1cccc(Oc2c(CN(C[C@@H]3CCCO3)C(=O)c3cccs3)c(C)nn2-c2ccccc2)c1. The fourth-order valence-corrected chi connectivity index (χ4v) is 5.04. The molecule has 4 aromatic rings. The molecule has 1 amide bonds. The zero-order chi connectivity index (χ0) is 24.9. The summed E-state index contributed by atoms with van der Waals surface area (Å²) in [6, 6.07) is 21.1. The summed E-state index contributed by atoms with van der Waals surface area (Å²) in [6.45, 7) is 3.56. The summed E-state index contributed by atoms with van der Waals surface area (Å²) in [7, 11) is 1.63. The van der Waals surface area contributed by atoms with Gasteiger partial charge in [-0.15, -0.1) is 11.3 Å². The fourth-order valence-electron chi connectivity index (χ4n) is 4.35. The molecule has 1 aliphatic rings. The second-order valence-electron chi connectivity index (χ2n) is 8.70. The number of hydrogen-bond acceptors (Lipinski definition) is 6. The van der Waals surface area contributed by atoms with Gasteiger partial charge in [-0.25, -0.2) is 4.68 Å². The lowest BCUT2D eigenvalue weighted by Crippen LogP contribution is -2.36. The molecule has 0 radical (unpaired) electrons. The lowest BCUT2D eigenvalue weighted by atomic mass is 10.2. The Bertz CT molecular complexity index is 1300. The first-order valence-corrected chi connectivity index (χ1v) is 12.9. The molecular formula is C28H29N3O4S. The van der Waals surface area contributed by atoms with Crippen molar-refractivity contribution in [2.75, 3.05) is 20.3 Å². The molecule has 0 spiro atoms. The molecule has 0 aliphatic carbocycles. The third-order valence-corrected chi connectivity index (χ3v) is 7.07. The van der Waals surface area contributed by atoms with E-state index in [-0.39, 0.29) is 12.0 Å². The Kier molecular flexibility index (Phi) is 7.34. The van der Waals surface area contributed by atoms with Gasteiger partial charge < -0.3 is 19.1 Å². The molecule has 7 nitrogen and oxygen atoms in total. The maximum absolute atomic E-state index is 13.5. The predicted molar refractivity (Wildman–Crippen MR) is 139 cm³/mol. The van der Waals surface area contributed by atoms with E-state index < -0.39 is 0 Å². The molecule has 2 aromatic carbocycles. The highest BCUT2D eigenvalue weighted by Gasteiger charge is 2.28. The number of ether oxygens (including phenoxy) is 3. The zero-order valence-electron chi connectivity index (χ0n) is 20.4. The number of thiophene rings is 1. The fraction of sp³-hybridized carbons (Fsp3) is 0.286.